The molecule has 0 spiro atoms. The average molecular weight is 298 g/mol. The molecule has 3 N–H and O–H groups in total. The second kappa shape index (κ2) is 7.36. The molecule has 1 aromatic rings. The second-order valence-electron chi connectivity index (χ2n) is 5.24. The van der Waals surface area contributed by atoms with E-state index in [0.717, 1.165) is 25.0 Å². The smallest absolute Gasteiger partial charge is 0.254 e. The van der Waals surface area contributed by atoms with Gasteiger partial charge in [0, 0.05) is 6.54 Å². The molecule has 116 valence electrons. The van der Waals surface area contributed by atoms with Crippen molar-refractivity contribution in [3.63, 3.8) is 0 Å². The Hall–Kier alpha value is -1.69. The van der Waals surface area contributed by atoms with E-state index < -0.39 is 17.5 Å². The fourth-order valence-corrected chi connectivity index (χ4v) is 2.49. The zero-order valence-electron chi connectivity index (χ0n) is 11.8. The van der Waals surface area contributed by atoms with Crippen LogP contribution in [0.25, 0.3) is 0 Å². The lowest BCUT2D eigenvalue weighted by Gasteiger charge is -2.22. The first kappa shape index (κ1) is 15.7. The molecule has 6 heteroatoms. The summed E-state index contributed by atoms with van der Waals surface area (Å²) in [5, 5.41) is 2.51. The van der Waals surface area contributed by atoms with Crippen LogP contribution in [0.3, 0.4) is 0 Å². The van der Waals surface area contributed by atoms with Gasteiger partial charge in [-0.2, -0.15) is 0 Å². The first-order valence-electron chi connectivity index (χ1n) is 7.22. The Morgan fingerprint density at radius 2 is 2.00 bits per heavy atom. The van der Waals surface area contributed by atoms with Crippen LogP contribution in [0.1, 0.15) is 42.5 Å². The van der Waals surface area contributed by atoms with E-state index in [-0.39, 0.29) is 23.9 Å². The topological polar surface area (TPSA) is 64.4 Å². The number of carbonyl (C=O) groups is 1. The summed E-state index contributed by atoms with van der Waals surface area (Å²) in [6, 6.07) is 1.68. The maximum atomic E-state index is 13.6. The van der Waals surface area contributed by atoms with Crippen LogP contribution in [-0.2, 0) is 4.74 Å². The summed E-state index contributed by atoms with van der Waals surface area (Å²) in [6.07, 6.45) is 5.93. The molecule has 0 aromatic heterocycles. The van der Waals surface area contributed by atoms with Gasteiger partial charge >= 0.3 is 0 Å². The summed E-state index contributed by atoms with van der Waals surface area (Å²) in [5.74, 6) is -2.33. The van der Waals surface area contributed by atoms with Crippen molar-refractivity contribution in [1.82, 2.24) is 5.32 Å². The molecule has 0 aliphatic heterocycles. The maximum absolute atomic E-state index is 13.6. The molecule has 1 aromatic carbocycles. The number of nitrogen functional groups attached to an aromatic ring is 1. The molecule has 0 bridgehead atoms. The number of halogens is 2. The number of amides is 1. The number of ether oxygens (including phenoxy) is 1. The van der Waals surface area contributed by atoms with Crippen LogP contribution in [0.15, 0.2) is 12.1 Å². The van der Waals surface area contributed by atoms with Crippen molar-refractivity contribution in [1.29, 1.82) is 0 Å². The van der Waals surface area contributed by atoms with E-state index in [9.17, 15) is 13.6 Å². The highest BCUT2D eigenvalue weighted by molar-refractivity contribution is 5.95. The molecule has 0 radical (unpaired) electrons. The minimum atomic E-state index is -0.901. The highest BCUT2D eigenvalue weighted by Crippen LogP contribution is 2.20. The number of rotatable bonds is 5. The largest absolute Gasteiger partial charge is 0.396 e. The number of hydrogen-bond donors (Lipinski definition) is 2. The van der Waals surface area contributed by atoms with Crippen molar-refractivity contribution < 1.29 is 18.3 Å². The van der Waals surface area contributed by atoms with Crippen molar-refractivity contribution in [2.45, 2.75) is 38.2 Å². The van der Waals surface area contributed by atoms with Gasteiger partial charge in [-0.05, 0) is 25.0 Å². The summed E-state index contributed by atoms with van der Waals surface area (Å²) in [6.45, 7) is 0.619. The van der Waals surface area contributed by atoms with Gasteiger partial charge in [0.25, 0.3) is 5.91 Å². The van der Waals surface area contributed by atoms with Crippen LogP contribution < -0.4 is 11.1 Å². The first-order valence-corrected chi connectivity index (χ1v) is 7.22. The predicted octanol–water partition coefficient (Wildman–Crippen LogP) is 2.63. The van der Waals surface area contributed by atoms with Gasteiger partial charge in [0.15, 0.2) is 5.82 Å². The average Bonchev–Trinajstić information content (AvgIpc) is 2.48. The summed E-state index contributed by atoms with van der Waals surface area (Å²) >= 11 is 0. The molecule has 21 heavy (non-hydrogen) atoms. The van der Waals surface area contributed by atoms with Crippen LogP contribution in [0, 0.1) is 11.6 Å². The molecule has 1 saturated carbocycles. The molecule has 1 amide bonds. The lowest BCUT2D eigenvalue weighted by Crippen LogP contribution is -2.30. The molecule has 0 saturated heterocycles. The quantitative estimate of drug-likeness (QED) is 0.649. The zero-order valence-corrected chi connectivity index (χ0v) is 11.8. The molecule has 0 unspecified atom stereocenters. The Balaban J connectivity index is 1.79. The summed E-state index contributed by atoms with van der Waals surface area (Å²) < 4.78 is 32.4. The summed E-state index contributed by atoms with van der Waals surface area (Å²) in [7, 11) is 0. The van der Waals surface area contributed by atoms with E-state index in [2.05, 4.69) is 5.32 Å². The van der Waals surface area contributed by atoms with Gasteiger partial charge in [-0.15, -0.1) is 0 Å². The molecular formula is C15H20F2N2O2. The van der Waals surface area contributed by atoms with E-state index in [1.807, 2.05) is 0 Å². The minimum absolute atomic E-state index is 0.247. The number of carbonyl (C=O) groups excluding carboxylic acids is 1. The van der Waals surface area contributed by atoms with Crippen LogP contribution >= 0.6 is 0 Å². The lowest BCUT2D eigenvalue weighted by atomic mass is 9.98. The van der Waals surface area contributed by atoms with Crippen molar-refractivity contribution in [3.05, 3.63) is 29.3 Å². The van der Waals surface area contributed by atoms with E-state index in [0.29, 0.717) is 6.61 Å². The summed E-state index contributed by atoms with van der Waals surface area (Å²) in [5.41, 5.74) is 4.53. The van der Waals surface area contributed by atoms with Crippen LogP contribution in [-0.4, -0.2) is 25.2 Å². The van der Waals surface area contributed by atoms with E-state index in [1.165, 1.54) is 19.3 Å². The van der Waals surface area contributed by atoms with Gasteiger partial charge in [0.1, 0.15) is 5.82 Å². The molecule has 1 aliphatic rings. The molecular weight excluding hydrogens is 278 g/mol. The molecule has 0 atom stereocenters. The van der Waals surface area contributed by atoms with Gasteiger partial charge in [0.05, 0.1) is 24.0 Å². The van der Waals surface area contributed by atoms with Gasteiger partial charge in [-0.25, -0.2) is 8.78 Å². The van der Waals surface area contributed by atoms with Crippen molar-refractivity contribution in [2.24, 2.45) is 0 Å². The number of anilines is 1. The molecule has 1 fully saturated rings. The van der Waals surface area contributed by atoms with Crippen molar-refractivity contribution in [3.8, 4) is 0 Å². The second-order valence-corrected chi connectivity index (χ2v) is 5.24. The Bertz CT molecular complexity index is 503. The number of benzene rings is 1. The molecule has 0 heterocycles. The highest BCUT2D eigenvalue weighted by atomic mass is 19.1. The number of nitrogens with two attached hydrogens (primary N) is 1. The predicted molar refractivity (Wildman–Crippen MR) is 75.9 cm³/mol. The van der Waals surface area contributed by atoms with Gasteiger partial charge in [-0.3, -0.25) is 4.79 Å². The van der Waals surface area contributed by atoms with E-state index >= 15 is 0 Å². The highest BCUT2D eigenvalue weighted by Gasteiger charge is 2.16. The first-order chi connectivity index (χ1) is 10.1. The normalized spacial score (nSPS) is 15.9. The molecule has 2 rings (SSSR count). The van der Waals surface area contributed by atoms with Gasteiger partial charge in [-0.1, -0.05) is 19.3 Å². The van der Waals surface area contributed by atoms with Gasteiger partial charge in [0.2, 0.25) is 0 Å². The minimum Gasteiger partial charge on any atom is -0.396 e. The third kappa shape index (κ3) is 4.39. The standard InChI is InChI=1S/C15H20F2N2O2/c16-10-8-12(14(17)13(18)9-10)15(20)19-6-7-21-11-4-2-1-3-5-11/h8-9,11H,1-7,18H2,(H,19,20). The Labute approximate surface area is 122 Å². The Morgan fingerprint density at radius 3 is 2.71 bits per heavy atom. The molecule has 4 nitrogen and oxygen atoms in total. The SMILES string of the molecule is Nc1cc(F)cc(C(=O)NCCOC2CCCCC2)c1F. The molecule has 1 aliphatic carbocycles. The van der Waals surface area contributed by atoms with E-state index in [4.69, 9.17) is 10.5 Å². The van der Waals surface area contributed by atoms with Crippen LogP contribution in [0.4, 0.5) is 14.5 Å². The van der Waals surface area contributed by atoms with Crippen molar-refractivity contribution >= 4 is 11.6 Å². The maximum Gasteiger partial charge on any atom is 0.254 e. The number of hydrogen-bond acceptors (Lipinski definition) is 3. The number of nitrogens with one attached hydrogen (secondary N) is 1. The monoisotopic (exact) mass is 298 g/mol. The Morgan fingerprint density at radius 1 is 1.29 bits per heavy atom. The van der Waals surface area contributed by atoms with Crippen LogP contribution in [0.2, 0.25) is 0 Å². The van der Waals surface area contributed by atoms with Crippen LogP contribution in [0.5, 0.6) is 0 Å². The van der Waals surface area contributed by atoms with Crippen molar-refractivity contribution in [2.75, 3.05) is 18.9 Å². The third-order valence-electron chi connectivity index (χ3n) is 3.60. The fourth-order valence-electron chi connectivity index (χ4n) is 2.49. The fraction of sp³-hybridized carbons (Fsp3) is 0.533. The zero-order chi connectivity index (χ0) is 15.2. The van der Waals surface area contributed by atoms with E-state index in [1.54, 1.807) is 0 Å². The van der Waals surface area contributed by atoms with Gasteiger partial charge < -0.3 is 15.8 Å². The lowest BCUT2D eigenvalue weighted by molar-refractivity contribution is 0.0299. The Kier molecular flexibility index (Phi) is 5.50. The third-order valence-corrected chi connectivity index (χ3v) is 3.60. The summed E-state index contributed by atoms with van der Waals surface area (Å²) in [4.78, 5) is 11.8.